The molecular formula is C21H19N3O2S2. The van der Waals surface area contributed by atoms with Crippen molar-refractivity contribution in [3.63, 3.8) is 0 Å². The molecule has 0 bridgehead atoms. The van der Waals surface area contributed by atoms with Gasteiger partial charge in [-0.2, -0.15) is 5.26 Å². The van der Waals surface area contributed by atoms with Crippen LogP contribution in [-0.2, 0) is 4.74 Å². The maximum Gasteiger partial charge on any atom is 0.260 e. The average Bonchev–Trinajstić information content (AvgIpc) is 3.40. The summed E-state index contributed by atoms with van der Waals surface area (Å²) < 4.78 is 6.84. The van der Waals surface area contributed by atoms with Gasteiger partial charge in [0.25, 0.3) is 5.91 Å². The van der Waals surface area contributed by atoms with Crippen LogP contribution in [0.25, 0.3) is 10.2 Å². The van der Waals surface area contributed by atoms with Crippen molar-refractivity contribution in [1.82, 2.24) is 4.98 Å². The number of amides is 1. The van der Waals surface area contributed by atoms with Gasteiger partial charge in [0.05, 0.1) is 34.5 Å². The number of benzene rings is 2. The number of hydrogen-bond donors (Lipinski definition) is 0. The Bertz CT molecular complexity index is 1030. The number of carbonyl (C=O) groups excluding carboxylic acids is 1. The van der Waals surface area contributed by atoms with E-state index in [1.807, 2.05) is 24.5 Å². The predicted molar refractivity (Wildman–Crippen MR) is 113 cm³/mol. The maximum atomic E-state index is 13.3. The van der Waals surface area contributed by atoms with Crippen LogP contribution in [0.15, 0.2) is 47.4 Å². The molecule has 1 aliphatic rings. The molecule has 1 aliphatic heterocycles. The highest BCUT2D eigenvalue weighted by Gasteiger charge is 2.27. The Labute approximate surface area is 171 Å². The number of thioether (sulfide) groups is 1. The molecule has 1 amide bonds. The number of carbonyl (C=O) groups is 1. The molecule has 7 heteroatoms. The first-order chi connectivity index (χ1) is 13.7. The summed E-state index contributed by atoms with van der Waals surface area (Å²) in [5, 5.41) is 9.68. The van der Waals surface area contributed by atoms with Crippen molar-refractivity contribution >= 4 is 44.4 Å². The summed E-state index contributed by atoms with van der Waals surface area (Å²) in [7, 11) is 0. The molecule has 1 fully saturated rings. The standard InChI is InChI=1S/C21H19N3O2S2/c1-27-17-5-2-6-18-19(17)23-21(28-18)24(13-16-4-3-11-26-16)20(25)15-9-7-14(12-22)8-10-15/h2,5-10,16H,3-4,11,13H2,1H3. The average molecular weight is 410 g/mol. The van der Waals surface area contributed by atoms with E-state index < -0.39 is 0 Å². The fourth-order valence-electron chi connectivity index (χ4n) is 3.27. The van der Waals surface area contributed by atoms with E-state index in [2.05, 4.69) is 6.07 Å². The number of para-hydroxylation sites is 1. The van der Waals surface area contributed by atoms with Crippen LogP contribution >= 0.6 is 23.1 Å². The molecule has 1 saturated heterocycles. The molecule has 0 radical (unpaired) electrons. The van der Waals surface area contributed by atoms with E-state index in [-0.39, 0.29) is 12.0 Å². The molecule has 0 saturated carbocycles. The number of anilines is 1. The Balaban J connectivity index is 1.72. The van der Waals surface area contributed by atoms with Gasteiger partial charge in [0.15, 0.2) is 5.13 Å². The second-order valence-corrected chi connectivity index (χ2v) is 8.40. The highest BCUT2D eigenvalue weighted by atomic mass is 32.2. The zero-order valence-corrected chi connectivity index (χ0v) is 17.1. The third kappa shape index (κ3) is 3.76. The van der Waals surface area contributed by atoms with Crippen LogP contribution < -0.4 is 4.90 Å². The van der Waals surface area contributed by atoms with Crippen LogP contribution in [0, 0.1) is 11.3 Å². The Morgan fingerprint density at radius 1 is 1.36 bits per heavy atom. The number of hydrogen-bond acceptors (Lipinski definition) is 6. The Morgan fingerprint density at radius 3 is 2.86 bits per heavy atom. The number of thiazole rings is 1. The maximum absolute atomic E-state index is 13.3. The van der Waals surface area contributed by atoms with E-state index in [1.165, 1.54) is 11.3 Å². The van der Waals surface area contributed by atoms with E-state index in [9.17, 15) is 4.79 Å². The molecule has 0 N–H and O–H groups in total. The van der Waals surface area contributed by atoms with Crippen molar-refractivity contribution < 1.29 is 9.53 Å². The Kier molecular flexibility index (Phi) is 5.62. The van der Waals surface area contributed by atoms with E-state index in [1.54, 1.807) is 40.9 Å². The Morgan fingerprint density at radius 2 is 2.18 bits per heavy atom. The fourth-order valence-corrected chi connectivity index (χ4v) is 4.90. The second-order valence-electron chi connectivity index (χ2n) is 6.54. The van der Waals surface area contributed by atoms with Gasteiger partial charge in [0.1, 0.15) is 0 Å². The number of nitrogens with zero attached hydrogens (tertiary/aromatic N) is 3. The van der Waals surface area contributed by atoms with Gasteiger partial charge in [-0.25, -0.2) is 4.98 Å². The molecule has 142 valence electrons. The van der Waals surface area contributed by atoms with Gasteiger partial charge in [-0.15, -0.1) is 11.8 Å². The minimum atomic E-state index is -0.121. The van der Waals surface area contributed by atoms with Crippen molar-refractivity contribution in [2.45, 2.75) is 23.8 Å². The topological polar surface area (TPSA) is 66.2 Å². The third-order valence-corrected chi connectivity index (χ3v) is 6.55. The van der Waals surface area contributed by atoms with Crippen LogP contribution in [0.1, 0.15) is 28.8 Å². The third-order valence-electron chi connectivity index (χ3n) is 4.74. The lowest BCUT2D eigenvalue weighted by atomic mass is 10.1. The van der Waals surface area contributed by atoms with Gasteiger partial charge in [-0.3, -0.25) is 9.69 Å². The van der Waals surface area contributed by atoms with Gasteiger partial charge in [-0.1, -0.05) is 17.4 Å². The number of fused-ring (bicyclic) bond motifs is 1. The molecule has 0 aliphatic carbocycles. The molecule has 3 aromatic rings. The first kappa shape index (κ1) is 18.9. The summed E-state index contributed by atoms with van der Waals surface area (Å²) >= 11 is 3.17. The van der Waals surface area contributed by atoms with Crippen molar-refractivity contribution in [3.8, 4) is 6.07 Å². The van der Waals surface area contributed by atoms with Crippen molar-refractivity contribution in [2.75, 3.05) is 24.3 Å². The summed E-state index contributed by atoms with van der Waals surface area (Å²) in [4.78, 5) is 20.9. The summed E-state index contributed by atoms with van der Waals surface area (Å²) in [6.07, 6.45) is 4.01. The highest BCUT2D eigenvalue weighted by molar-refractivity contribution is 7.98. The van der Waals surface area contributed by atoms with Crippen LogP contribution in [0.4, 0.5) is 5.13 Å². The lowest BCUT2D eigenvalue weighted by Crippen LogP contribution is -2.37. The van der Waals surface area contributed by atoms with Gasteiger partial charge < -0.3 is 4.74 Å². The van der Waals surface area contributed by atoms with Gasteiger partial charge >= 0.3 is 0 Å². The van der Waals surface area contributed by atoms with Crippen LogP contribution in [0.3, 0.4) is 0 Å². The van der Waals surface area contributed by atoms with Crippen LogP contribution in [0.5, 0.6) is 0 Å². The smallest absolute Gasteiger partial charge is 0.260 e. The second kappa shape index (κ2) is 8.31. The molecule has 28 heavy (non-hydrogen) atoms. The molecule has 1 atom stereocenters. The van der Waals surface area contributed by atoms with Crippen LogP contribution in [-0.4, -0.2) is 36.4 Å². The molecule has 0 spiro atoms. The van der Waals surface area contributed by atoms with Crippen LogP contribution in [0.2, 0.25) is 0 Å². The lowest BCUT2D eigenvalue weighted by molar-refractivity contribution is 0.0917. The number of rotatable bonds is 5. The summed E-state index contributed by atoms with van der Waals surface area (Å²) in [6, 6.07) is 14.9. The van der Waals surface area contributed by atoms with E-state index in [0.717, 1.165) is 34.6 Å². The van der Waals surface area contributed by atoms with Gasteiger partial charge in [-0.05, 0) is 55.5 Å². The predicted octanol–water partition coefficient (Wildman–Crippen LogP) is 4.72. The molecule has 1 unspecified atom stereocenters. The molecule has 2 aromatic carbocycles. The first-order valence-electron chi connectivity index (χ1n) is 9.07. The SMILES string of the molecule is CSc1cccc2sc(N(CC3CCCO3)C(=O)c3ccc(C#N)cc3)nc12. The van der Waals surface area contributed by atoms with Crippen molar-refractivity contribution in [2.24, 2.45) is 0 Å². The zero-order valence-electron chi connectivity index (χ0n) is 15.4. The summed E-state index contributed by atoms with van der Waals surface area (Å²) in [5.74, 6) is -0.121. The molecule has 5 nitrogen and oxygen atoms in total. The highest BCUT2D eigenvalue weighted by Crippen LogP contribution is 2.35. The van der Waals surface area contributed by atoms with E-state index in [0.29, 0.717) is 22.8 Å². The van der Waals surface area contributed by atoms with Gasteiger partial charge in [0.2, 0.25) is 0 Å². The monoisotopic (exact) mass is 409 g/mol. The van der Waals surface area contributed by atoms with Gasteiger partial charge in [0, 0.05) is 17.1 Å². The fraction of sp³-hybridized carbons (Fsp3) is 0.286. The molecule has 4 rings (SSSR count). The first-order valence-corrected chi connectivity index (χ1v) is 11.1. The van der Waals surface area contributed by atoms with E-state index in [4.69, 9.17) is 15.0 Å². The lowest BCUT2D eigenvalue weighted by Gasteiger charge is -2.23. The number of nitriles is 1. The van der Waals surface area contributed by atoms with Crippen molar-refractivity contribution in [1.29, 1.82) is 5.26 Å². The Hall–Kier alpha value is -2.40. The normalized spacial score (nSPS) is 16.2. The largest absolute Gasteiger partial charge is 0.376 e. The quantitative estimate of drug-likeness (QED) is 0.571. The van der Waals surface area contributed by atoms with E-state index >= 15 is 0 Å². The molecule has 2 heterocycles. The minimum absolute atomic E-state index is 0.0226. The zero-order chi connectivity index (χ0) is 19.5. The number of ether oxygens (including phenoxy) is 1. The number of aromatic nitrogens is 1. The minimum Gasteiger partial charge on any atom is -0.376 e. The summed E-state index contributed by atoms with van der Waals surface area (Å²) in [6.45, 7) is 1.22. The summed E-state index contributed by atoms with van der Waals surface area (Å²) in [5.41, 5.74) is 2.01. The van der Waals surface area contributed by atoms with Crippen molar-refractivity contribution in [3.05, 3.63) is 53.6 Å². The molecule has 1 aromatic heterocycles. The molecular weight excluding hydrogens is 390 g/mol.